The van der Waals surface area contributed by atoms with Crippen LogP contribution in [0.25, 0.3) is 0 Å². The third-order valence-electron chi connectivity index (χ3n) is 3.84. The van der Waals surface area contributed by atoms with E-state index in [-0.39, 0.29) is 19.6 Å². The molecule has 0 radical (unpaired) electrons. The molecule has 0 heterocycles. The minimum absolute atomic E-state index is 0.160. The summed E-state index contributed by atoms with van der Waals surface area (Å²) in [4.78, 5) is 35.2. The Labute approximate surface area is 171 Å². The van der Waals surface area contributed by atoms with E-state index in [0.29, 0.717) is 12.0 Å². The first kappa shape index (κ1) is 21.4. The highest BCUT2D eigenvalue weighted by atomic mass is 79.9. The number of aliphatic carboxylic acids is 1. The van der Waals surface area contributed by atoms with Gasteiger partial charge < -0.3 is 20.5 Å². The molecule has 0 aliphatic carbocycles. The van der Waals surface area contributed by atoms with Gasteiger partial charge in [0, 0.05) is 16.6 Å². The predicted molar refractivity (Wildman–Crippen MR) is 107 cm³/mol. The van der Waals surface area contributed by atoms with Gasteiger partial charge in [0.25, 0.3) is 5.91 Å². The van der Waals surface area contributed by atoms with Crippen molar-refractivity contribution >= 4 is 33.9 Å². The molecule has 0 spiro atoms. The second-order valence-corrected chi connectivity index (χ2v) is 6.92. The zero-order valence-electron chi connectivity index (χ0n) is 15.1. The molecule has 0 saturated heterocycles. The van der Waals surface area contributed by atoms with Crippen LogP contribution in [-0.4, -0.2) is 35.7 Å². The Hall–Kier alpha value is -2.87. The van der Waals surface area contributed by atoms with Gasteiger partial charge in [0.05, 0.1) is 0 Å². The van der Waals surface area contributed by atoms with E-state index < -0.39 is 24.0 Å². The normalized spacial score (nSPS) is 11.3. The van der Waals surface area contributed by atoms with Crippen LogP contribution in [0.5, 0.6) is 0 Å². The Morgan fingerprint density at radius 3 is 2.50 bits per heavy atom. The number of benzene rings is 2. The summed E-state index contributed by atoms with van der Waals surface area (Å²) in [6.45, 7) is 0.400. The van der Waals surface area contributed by atoms with Gasteiger partial charge in [0.15, 0.2) is 0 Å². The zero-order valence-corrected chi connectivity index (χ0v) is 16.6. The number of carbonyl (C=O) groups excluding carboxylic acids is 2. The Morgan fingerprint density at radius 2 is 1.82 bits per heavy atom. The second-order valence-electron chi connectivity index (χ2n) is 6.01. The fourth-order valence-corrected chi connectivity index (χ4v) is 2.80. The van der Waals surface area contributed by atoms with Crippen LogP contribution < -0.4 is 10.6 Å². The molecule has 2 rings (SSSR count). The summed E-state index contributed by atoms with van der Waals surface area (Å²) in [5, 5.41) is 14.4. The molecule has 2 amide bonds. The quantitative estimate of drug-likeness (QED) is 0.510. The van der Waals surface area contributed by atoms with Crippen LogP contribution in [0.1, 0.15) is 28.8 Å². The van der Waals surface area contributed by atoms with Gasteiger partial charge in [-0.15, -0.1) is 0 Å². The van der Waals surface area contributed by atoms with Crippen molar-refractivity contribution in [2.24, 2.45) is 0 Å². The first-order valence-corrected chi connectivity index (χ1v) is 9.49. The molecule has 2 aromatic rings. The molecule has 28 heavy (non-hydrogen) atoms. The molecule has 2 aromatic carbocycles. The number of hydrogen-bond acceptors (Lipinski definition) is 4. The van der Waals surface area contributed by atoms with Gasteiger partial charge in [-0.1, -0.05) is 52.3 Å². The Morgan fingerprint density at radius 1 is 1.07 bits per heavy atom. The summed E-state index contributed by atoms with van der Waals surface area (Å²) in [5.41, 5.74) is 1.24. The molecule has 0 unspecified atom stereocenters. The smallest absolute Gasteiger partial charge is 0.407 e. The summed E-state index contributed by atoms with van der Waals surface area (Å²) < 4.78 is 5.80. The van der Waals surface area contributed by atoms with Crippen molar-refractivity contribution in [2.45, 2.75) is 25.5 Å². The Balaban J connectivity index is 1.72. The van der Waals surface area contributed by atoms with Crippen molar-refractivity contribution in [3.05, 3.63) is 70.2 Å². The molecule has 7 nitrogen and oxygen atoms in total. The van der Waals surface area contributed by atoms with E-state index in [2.05, 4.69) is 26.6 Å². The molecule has 0 aromatic heterocycles. The van der Waals surface area contributed by atoms with Crippen LogP contribution in [0.4, 0.5) is 4.79 Å². The van der Waals surface area contributed by atoms with Crippen molar-refractivity contribution in [3.63, 3.8) is 0 Å². The first-order valence-electron chi connectivity index (χ1n) is 8.69. The van der Waals surface area contributed by atoms with Crippen molar-refractivity contribution in [2.75, 3.05) is 6.54 Å². The van der Waals surface area contributed by atoms with E-state index in [1.165, 1.54) is 0 Å². The van der Waals surface area contributed by atoms with E-state index in [1.54, 1.807) is 24.3 Å². The number of nitrogens with one attached hydrogen (secondary N) is 2. The van der Waals surface area contributed by atoms with Gasteiger partial charge in [-0.25, -0.2) is 9.59 Å². The maximum Gasteiger partial charge on any atom is 0.407 e. The van der Waals surface area contributed by atoms with E-state index in [1.807, 2.05) is 30.3 Å². The van der Waals surface area contributed by atoms with E-state index in [4.69, 9.17) is 4.74 Å². The topological polar surface area (TPSA) is 105 Å². The lowest BCUT2D eigenvalue weighted by atomic mass is 10.1. The first-order chi connectivity index (χ1) is 13.5. The number of alkyl carbamates (subject to hydrolysis) is 1. The maximum atomic E-state index is 12.2. The number of amides is 2. The third kappa shape index (κ3) is 7.40. The predicted octanol–water partition coefficient (Wildman–Crippen LogP) is 3.34. The van der Waals surface area contributed by atoms with Crippen LogP contribution in [0.3, 0.4) is 0 Å². The van der Waals surface area contributed by atoms with Gasteiger partial charge in [-0.05, 0) is 36.6 Å². The molecular formula is C20H21BrN2O5. The van der Waals surface area contributed by atoms with E-state index in [9.17, 15) is 19.5 Å². The standard InChI is InChI=1S/C20H21BrN2O5/c21-16-9-4-8-15(12-16)18(24)23-17(19(25)26)10-5-11-22-20(27)28-13-14-6-2-1-3-7-14/h1-4,6-9,12,17H,5,10-11,13H2,(H,22,27)(H,23,24)(H,25,26)/t17-/m0/s1. The highest BCUT2D eigenvalue weighted by Crippen LogP contribution is 2.12. The summed E-state index contributed by atoms with van der Waals surface area (Å²) in [5.74, 6) is -1.60. The van der Waals surface area contributed by atoms with E-state index in [0.717, 1.165) is 10.0 Å². The second kappa shape index (κ2) is 11.1. The van der Waals surface area contributed by atoms with Gasteiger partial charge in [-0.3, -0.25) is 4.79 Å². The Kier molecular flexibility index (Phi) is 8.48. The van der Waals surface area contributed by atoms with E-state index >= 15 is 0 Å². The average molecular weight is 449 g/mol. The van der Waals surface area contributed by atoms with Crippen LogP contribution in [0.15, 0.2) is 59.1 Å². The fourth-order valence-electron chi connectivity index (χ4n) is 2.40. The number of carboxylic acid groups (broad SMARTS) is 1. The van der Waals surface area contributed by atoms with Crippen molar-refractivity contribution in [1.82, 2.24) is 10.6 Å². The molecule has 0 bridgehead atoms. The summed E-state index contributed by atoms with van der Waals surface area (Å²) in [7, 11) is 0. The molecule has 3 N–H and O–H groups in total. The summed E-state index contributed by atoms with van der Waals surface area (Å²) in [6.07, 6.45) is -0.0293. The number of carbonyl (C=O) groups is 3. The van der Waals surface area contributed by atoms with Crippen LogP contribution in [-0.2, 0) is 16.1 Å². The molecule has 1 atom stereocenters. The lowest BCUT2D eigenvalue weighted by Gasteiger charge is -2.15. The van der Waals surface area contributed by atoms with Crippen molar-refractivity contribution in [1.29, 1.82) is 0 Å². The molecule has 0 aliphatic heterocycles. The van der Waals surface area contributed by atoms with Crippen LogP contribution >= 0.6 is 15.9 Å². The number of hydrogen-bond donors (Lipinski definition) is 3. The van der Waals surface area contributed by atoms with Gasteiger partial charge in [0.1, 0.15) is 12.6 Å². The van der Waals surface area contributed by atoms with Crippen LogP contribution in [0, 0.1) is 0 Å². The zero-order chi connectivity index (χ0) is 20.4. The van der Waals surface area contributed by atoms with Crippen LogP contribution in [0.2, 0.25) is 0 Å². The van der Waals surface area contributed by atoms with Gasteiger partial charge in [-0.2, -0.15) is 0 Å². The third-order valence-corrected chi connectivity index (χ3v) is 4.34. The number of ether oxygens (including phenoxy) is 1. The Bertz CT molecular complexity index is 813. The van der Waals surface area contributed by atoms with Crippen molar-refractivity contribution < 1.29 is 24.2 Å². The maximum absolute atomic E-state index is 12.2. The molecule has 148 valence electrons. The largest absolute Gasteiger partial charge is 0.480 e. The summed E-state index contributed by atoms with van der Waals surface area (Å²) >= 11 is 3.27. The molecule has 0 saturated carbocycles. The summed E-state index contributed by atoms with van der Waals surface area (Å²) in [6, 6.07) is 14.9. The molecule has 0 aliphatic rings. The lowest BCUT2D eigenvalue weighted by molar-refractivity contribution is -0.139. The van der Waals surface area contributed by atoms with Crippen molar-refractivity contribution in [3.8, 4) is 0 Å². The fraction of sp³-hybridized carbons (Fsp3) is 0.250. The monoisotopic (exact) mass is 448 g/mol. The SMILES string of the molecule is O=C(NCCC[C@H](NC(=O)c1cccc(Br)c1)C(=O)O)OCc1ccccc1. The molecule has 8 heteroatoms. The molecule has 0 fully saturated rings. The molecular weight excluding hydrogens is 428 g/mol. The lowest BCUT2D eigenvalue weighted by Crippen LogP contribution is -2.41. The minimum Gasteiger partial charge on any atom is -0.480 e. The van der Waals surface area contributed by atoms with Gasteiger partial charge >= 0.3 is 12.1 Å². The highest BCUT2D eigenvalue weighted by Gasteiger charge is 2.20. The average Bonchev–Trinajstić information content (AvgIpc) is 2.69. The number of halogens is 1. The minimum atomic E-state index is -1.13. The van der Waals surface area contributed by atoms with Gasteiger partial charge in [0.2, 0.25) is 0 Å². The number of rotatable bonds is 9. The highest BCUT2D eigenvalue weighted by molar-refractivity contribution is 9.10. The number of carboxylic acids is 1.